The fourth-order valence-electron chi connectivity index (χ4n) is 3.53. The van der Waals surface area contributed by atoms with Crippen LogP contribution in [0.4, 0.5) is 0 Å². The van der Waals surface area contributed by atoms with E-state index in [0.717, 1.165) is 27.4 Å². The maximum absolute atomic E-state index is 13.2. The third-order valence-corrected chi connectivity index (χ3v) is 7.05. The smallest absolute Gasteiger partial charge is 0.276 e. The molecule has 0 aliphatic carbocycles. The average Bonchev–Trinajstić information content (AvgIpc) is 2.73. The number of rotatable bonds is 6. The highest BCUT2D eigenvalue weighted by Gasteiger charge is 2.35. The molecule has 9 heteroatoms. The zero-order valence-corrected chi connectivity index (χ0v) is 20.8. The summed E-state index contributed by atoms with van der Waals surface area (Å²) < 4.78 is 0.866. The molecule has 2 aromatic rings. The summed E-state index contributed by atoms with van der Waals surface area (Å²) in [5, 5.41) is 12.4. The van der Waals surface area contributed by atoms with E-state index in [1.54, 1.807) is 28.9 Å². The van der Waals surface area contributed by atoms with E-state index in [-0.39, 0.29) is 5.91 Å². The SMILES string of the molecule is CCCCCCSC1=NN2C(=c3cc(Br)ccc3=N[C@H]2c2ccc(Cl)cc2Cl)C(=O)N1. The predicted molar refractivity (Wildman–Crippen MR) is 132 cm³/mol. The Labute approximate surface area is 203 Å². The Balaban J connectivity index is 1.77. The van der Waals surface area contributed by atoms with Crippen LogP contribution in [0.1, 0.15) is 44.3 Å². The summed E-state index contributed by atoms with van der Waals surface area (Å²) in [6.45, 7) is 2.19. The number of thioether (sulfide) groups is 1. The van der Waals surface area contributed by atoms with Crippen LogP contribution in [0, 0.1) is 0 Å². The number of halogens is 3. The van der Waals surface area contributed by atoms with Gasteiger partial charge in [0.25, 0.3) is 5.91 Å². The van der Waals surface area contributed by atoms with Crippen LogP contribution >= 0.6 is 50.9 Å². The lowest BCUT2D eigenvalue weighted by Crippen LogP contribution is -2.50. The van der Waals surface area contributed by atoms with E-state index in [1.165, 1.54) is 19.3 Å². The van der Waals surface area contributed by atoms with Crippen molar-refractivity contribution < 1.29 is 4.79 Å². The van der Waals surface area contributed by atoms with Crippen LogP contribution in [0.3, 0.4) is 0 Å². The summed E-state index contributed by atoms with van der Waals surface area (Å²) in [4.78, 5) is 18.1. The third kappa shape index (κ3) is 4.95. The van der Waals surface area contributed by atoms with E-state index in [1.807, 2.05) is 24.3 Å². The monoisotopic (exact) mass is 538 g/mol. The fourth-order valence-corrected chi connectivity index (χ4v) is 5.25. The summed E-state index contributed by atoms with van der Waals surface area (Å²) >= 11 is 17.7. The molecule has 0 unspecified atom stereocenters. The van der Waals surface area contributed by atoms with Gasteiger partial charge in [0.1, 0.15) is 5.70 Å². The maximum atomic E-state index is 13.2. The van der Waals surface area contributed by atoms with Gasteiger partial charge in [-0.05, 0) is 36.8 Å². The van der Waals surface area contributed by atoms with Crippen molar-refractivity contribution in [1.82, 2.24) is 10.3 Å². The van der Waals surface area contributed by atoms with Gasteiger partial charge in [-0.15, -0.1) is 5.10 Å². The summed E-state index contributed by atoms with van der Waals surface area (Å²) in [7, 11) is 0. The molecular formula is C22H21BrCl2N4OS. The summed E-state index contributed by atoms with van der Waals surface area (Å²) in [6, 6.07) is 11.0. The molecule has 1 amide bonds. The van der Waals surface area contributed by atoms with E-state index in [4.69, 9.17) is 33.3 Å². The van der Waals surface area contributed by atoms with Gasteiger partial charge in [-0.2, -0.15) is 0 Å². The minimum absolute atomic E-state index is 0.199. The maximum Gasteiger partial charge on any atom is 0.276 e. The van der Waals surface area contributed by atoms with Gasteiger partial charge < -0.3 is 0 Å². The van der Waals surface area contributed by atoms with Crippen molar-refractivity contribution in [3.05, 3.63) is 67.1 Å². The summed E-state index contributed by atoms with van der Waals surface area (Å²) in [5.41, 5.74) is 1.19. The zero-order valence-electron chi connectivity index (χ0n) is 16.9. The molecule has 4 rings (SSSR count). The van der Waals surface area contributed by atoms with Crippen LogP contribution in [-0.4, -0.2) is 21.8 Å². The molecule has 0 bridgehead atoms. The van der Waals surface area contributed by atoms with E-state index in [0.29, 0.717) is 26.3 Å². The molecule has 1 N–H and O–H groups in total. The highest BCUT2D eigenvalue weighted by Crippen LogP contribution is 2.35. The minimum atomic E-state index is -0.560. The highest BCUT2D eigenvalue weighted by molar-refractivity contribution is 9.10. The molecule has 0 radical (unpaired) electrons. The van der Waals surface area contributed by atoms with Crippen molar-refractivity contribution >= 4 is 67.7 Å². The molecule has 2 aliphatic heterocycles. The standard InChI is InChI=1S/C22H21BrCl2N4OS/c1-2-3-4-5-10-31-22-27-21(30)19-16-11-13(23)6-9-18(16)26-20(29(19)28-22)15-8-7-14(24)12-17(15)25/h6-9,11-12,20H,2-5,10H2,1H3,(H,27,28,30)/t20-/m1/s1. The Morgan fingerprint density at radius 3 is 2.77 bits per heavy atom. The Morgan fingerprint density at radius 1 is 1.16 bits per heavy atom. The number of hydrogen-bond acceptors (Lipinski definition) is 5. The second-order valence-electron chi connectivity index (χ2n) is 7.29. The Bertz CT molecular complexity index is 1170. The number of fused-ring (bicyclic) bond motifs is 2. The summed E-state index contributed by atoms with van der Waals surface area (Å²) in [6.07, 6.45) is 4.09. The van der Waals surface area contributed by atoms with Crippen molar-refractivity contribution in [2.75, 3.05) is 5.75 Å². The summed E-state index contributed by atoms with van der Waals surface area (Å²) in [5.74, 6) is 0.698. The van der Waals surface area contributed by atoms with Gasteiger partial charge >= 0.3 is 0 Å². The number of carbonyl (C=O) groups is 1. The lowest BCUT2D eigenvalue weighted by Gasteiger charge is -2.34. The van der Waals surface area contributed by atoms with Gasteiger partial charge in [0.2, 0.25) is 0 Å². The van der Waals surface area contributed by atoms with E-state index in [2.05, 4.69) is 28.2 Å². The normalized spacial score (nSPS) is 17.5. The molecule has 1 atom stereocenters. The molecule has 162 valence electrons. The molecule has 0 spiro atoms. The first-order valence-electron chi connectivity index (χ1n) is 10.1. The lowest BCUT2D eigenvalue weighted by atomic mass is 10.1. The molecule has 0 fully saturated rings. The molecule has 2 aliphatic rings. The predicted octanol–water partition coefficient (Wildman–Crippen LogP) is 5.21. The van der Waals surface area contributed by atoms with Gasteiger partial charge in [0, 0.05) is 31.1 Å². The number of hydrogen-bond donors (Lipinski definition) is 1. The molecule has 5 nitrogen and oxygen atoms in total. The average molecular weight is 540 g/mol. The second-order valence-corrected chi connectivity index (χ2v) is 10.1. The molecule has 0 saturated carbocycles. The van der Waals surface area contributed by atoms with E-state index in [9.17, 15) is 4.79 Å². The van der Waals surface area contributed by atoms with Crippen LogP contribution in [0.25, 0.3) is 5.70 Å². The molecule has 31 heavy (non-hydrogen) atoms. The molecular weight excluding hydrogens is 519 g/mol. The van der Waals surface area contributed by atoms with Gasteiger partial charge in [-0.25, -0.2) is 5.01 Å². The Morgan fingerprint density at radius 2 is 2.00 bits per heavy atom. The molecule has 2 aromatic carbocycles. The van der Waals surface area contributed by atoms with Crippen molar-refractivity contribution in [1.29, 1.82) is 0 Å². The second kappa shape index (κ2) is 9.94. The van der Waals surface area contributed by atoms with Crippen molar-refractivity contribution in [3.63, 3.8) is 0 Å². The highest BCUT2D eigenvalue weighted by atomic mass is 79.9. The fraction of sp³-hybridized carbons (Fsp3) is 0.318. The van der Waals surface area contributed by atoms with Crippen LogP contribution in [0.2, 0.25) is 10.0 Å². The minimum Gasteiger partial charge on any atom is -0.298 e. The molecule has 0 aromatic heterocycles. The number of benzene rings is 2. The first kappa shape index (κ1) is 22.6. The third-order valence-electron chi connectivity index (χ3n) is 5.05. The number of carbonyl (C=O) groups excluding carboxylic acids is 1. The molecule has 2 heterocycles. The number of amides is 1. The Kier molecular flexibility index (Phi) is 7.26. The number of amidine groups is 1. The van der Waals surface area contributed by atoms with Gasteiger partial charge in [-0.3, -0.25) is 15.1 Å². The van der Waals surface area contributed by atoms with Crippen LogP contribution in [0.5, 0.6) is 0 Å². The van der Waals surface area contributed by atoms with Crippen molar-refractivity contribution in [2.24, 2.45) is 10.1 Å². The number of unbranched alkanes of at least 4 members (excludes halogenated alkanes) is 3. The van der Waals surface area contributed by atoms with Gasteiger partial charge in [-0.1, -0.05) is 83.1 Å². The first-order valence-corrected chi connectivity index (χ1v) is 12.7. The van der Waals surface area contributed by atoms with Crippen LogP contribution < -0.4 is 15.9 Å². The quantitative estimate of drug-likeness (QED) is 0.512. The van der Waals surface area contributed by atoms with Crippen molar-refractivity contribution in [3.8, 4) is 0 Å². The molecule has 0 saturated heterocycles. The number of nitrogens with zero attached hydrogens (tertiary/aromatic N) is 3. The topological polar surface area (TPSA) is 57.1 Å². The number of hydrazone groups is 1. The Hall–Kier alpha value is -1.54. The number of nitrogens with one attached hydrogen (secondary N) is 1. The lowest BCUT2D eigenvalue weighted by molar-refractivity contribution is -0.116. The largest absolute Gasteiger partial charge is 0.298 e. The van der Waals surface area contributed by atoms with Gasteiger partial charge in [0.05, 0.1) is 5.36 Å². The van der Waals surface area contributed by atoms with Crippen LogP contribution in [-0.2, 0) is 4.79 Å². The first-order chi connectivity index (χ1) is 15.0. The van der Waals surface area contributed by atoms with Crippen molar-refractivity contribution in [2.45, 2.75) is 38.8 Å². The van der Waals surface area contributed by atoms with Gasteiger partial charge in [0.15, 0.2) is 11.3 Å². The van der Waals surface area contributed by atoms with E-state index >= 15 is 0 Å². The zero-order chi connectivity index (χ0) is 22.0. The van der Waals surface area contributed by atoms with Crippen LogP contribution in [0.15, 0.2) is 51.0 Å². The van der Waals surface area contributed by atoms with E-state index < -0.39 is 6.17 Å².